The second-order valence-corrected chi connectivity index (χ2v) is 5.91. The molecular weight excluding hydrogens is 455 g/mol. The number of nitrogens with zero attached hydrogens (tertiary/aromatic N) is 2. The molecule has 0 aliphatic rings. The van der Waals surface area contributed by atoms with Crippen molar-refractivity contribution in [1.29, 1.82) is 0 Å². The van der Waals surface area contributed by atoms with Crippen molar-refractivity contribution in [2.75, 3.05) is 45.1 Å². The average molecular weight is 484 g/mol. The van der Waals surface area contributed by atoms with Crippen LogP contribution in [0, 0.1) is 0 Å². The molecular formula is C20H29IN4O2. The number of ether oxygens (including phenoxy) is 2. The highest BCUT2D eigenvalue weighted by Crippen LogP contribution is 2.30. The lowest BCUT2D eigenvalue weighted by Crippen LogP contribution is -2.30. The van der Waals surface area contributed by atoms with Gasteiger partial charge < -0.3 is 25.0 Å². The Bertz CT molecular complexity index is 733. The molecule has 0 radical (unpaired) electrons. The third-order valence-corrected chi connectivity index (χ3v) is 3.86. The van der Waals surface area contributed by atoms with Crippen LogP contribution in [0.5, 0.6) is 11.5 Å². The summed E-state index contributed by atoms with van der Waals surface area (Å²) in [5, 5.41) is 6.59. The van der Waals surface area contributed by atoms with Crippen LogP contribution in [0.15, 0.2) is 47.5 Å². The second kappa shape index (κ2) is 11.5. The van der Waals surface area contributed by atoms with Crippen LogP contribution in [-0.4, -0.2) is 40.8 Å². The average Bonchev–Trinajstić information content (AvgIpc) is 2.66. The molecule has 2 rings (SSSR count). The topological polar surface area (TPSA) is 58.1 Å². The summed E-state index contributed by atoms with van der Waals surface area (Å²) in [6.45, 7) is 3.21. The Hall–Kier alpha value is -2.16. The molecule has 2 N–H and O–H groups in total. The first-order valence-corrected chi connectivity index (χ1v) is 8.62. The maximum atomic E-state index is 5.61. The van der Waals surface area contributed by atoms with E-state index in [4.69, 9.17) is 9.47 Å². The van der Waals surface area contributed by atoms with Gasteiger partial charge in [0.15, 0.2) is 17.5 Å². The lowest BCUT2D eigenvalue weighted by Gasteiger charge is -2.15. The molecule has 0 aliphatic carbocycles. The minimum atomic E-state index is 0. The Balaban J connectivity index is 0.00000364. The minimum Gasteiger partial charge on any atom is -0.493 e. The van der Waals surface area contributed by atoms with Crippen LogP contribution in [0.4, 0.5) is 11.4 Å². The number of halogens is 1. The standard InChI is InChI=1S/C20H28N4O2.HI/c1-6-26-19-13-16(9-12-18(19)25-5)23-20(21-2)22-14-15-7-10-17(11-8-15)24(3)4;/h7-13H,6,14H2,1-5H3,(H2,21,22,23);1H. The van der Waals surface area contributed by atoms with E-state index in [2.05, 4.69) is 44.8 Å². The van der Waals surface area contributed by atoms with Crippen LogP contribution in [0.1, 0.15) is 12.5 Å². The largest absolute Gasteiger partial charge is 0.493 e. The molecule has 0 saturated carbocycles. The first-order valence-electron chi connectivity index (χ1n) is 8.62. The van der Waals surface area contributed by atoms with E-state index in [-0.39, 0.29) is 24.0 Å². The van der Waals surface area contributed by atoms with Gasteiger partial charge in [-0.3, -0.25) is 4.99 Å². The molecule has 0 saturated heterocycles. The molecule has 27 heavy (non-hydrogen) atoms. The smallest absolute Gasteiger partial charge is 0.195 e. The molecule has 7 heteroatoms. The molecule has 0 atom stereocenters. The van der Waals surface area contributed by atoms with Crippen molar-refractivity contribution in [3.05, 3.63) is 48.0 Å². The molecule has 0 heterocycles. The van der Waals surface area contributed by atoms with Crippen LogP contribution >= 0.6 is 24.0 Å². The zero-order valence-electron chi connectivity index (χ0n) is 16.6. The van der Waals surface area contributed by atoms with E-state index in [0.717, 1.165) is 5.69 Å². The van der Waals surface area contributed by atoms with Gasteiger partial charge >= 0.3 is 0 Å². The number of hydrogen-bond acceptors (Lipinski definition) is 4. The third-order valence-electron chi connectivity index (χ3n) is 3.86. The Morgan fingerprint density at radius 1 is 1.07 bits per heavy atom. The second-order valence-electron chi connectivity index (χ2n) is 5.91. The number of benzene rings is 2. The maximum absolute atomic E-state index is 5.61. The summed E-state index contributed by atoms with van der Waals surface area (Å²) in [5.74, 6) is 2.10. The summed E-state index contributed by atoms with van der Waals surface area (Å²) in [6.07, 6.45) is 0. The summed E-state index contributed by atoms with van der Waals surface area (Å²) in [4.78, 5) is 6.36. The van der Waals surface area contributed by atoms with Gasteiger partial charge in [-0.2, -0.15) is 0 Å². The lowest BCUT2D eigenvalue weighted by molar-refractivity contribution is 0.311. The molecule has 0 aliphatic heterocycles. The van der Waals surface area contributed by atoms with E-state index in [1.165, 1.54) is 11.3 Å². The fraction of sp³-hybridized carbons (Fsp3) is 0.350. The zero-order chi connectivity index (χ0) is 18.9. The van der Waals surface area contributed by atoms with E-state index < -0.39 is 0 Å². The summed E-state index contributed by atoms with van der Waals surface area (Å²) in [5.41, 5.74) is 3.24. The van der Waals surface area contributed by atoms with Crippen LogP contribution in [0.2, 0.25) is 0 Å². The molecule has 6 nitrogen and oxygen atoms in total. The van der Waals surface area contributed by atoms with Crippen molar-refractivity contribution in [2.45, 2.75) is 13.5 Å². The molecule has 0 fully saturated rings. The van der Waals surface area contributed by atoms with Gasteiger partial charge in [0.05, 0.1) is 13.7 Å². The van der Waals surface area contributed by atoms with Gasteiger partial charge in [-0.05, 0) is 36.8 Å². The van der Waals surface area contributed by atoms with Crippen LogP contribution < -0.4 is 25.0 Å². The molecule has 2 aromatic rings. The van der Waals surface area contributed by atoms with Gasteiger partial charge in [-0.25, -0.2) is 0 Å². The number of aliphatic imine (C=N–C) groups is 1. The maximum Gasteiger partial charge on any atom is 0.195 e. The first-order chi connectivity index (χ1) is 12.6. The van der Waals surface area contributed by atoms with Crippen molar-refractivity contribution in [2.24, 2.45) is 4.99 Å². The predicted octanol–water partition coefficient (Wildman–Crippen LogP) is 3.97. The van der Waals surface area contributed by atoms with Gasteiger partial charge in [-0.15, -0.1) is 24.0 Å². The molecule has 0 unspecified atom stereocenters. The van der Waals surface area contributed by atoms with E-state index in [1.54, 1.807) is 14.2 Å². The fourth-order valence-electron chi connectivity index (χ4n) is 2.44. The molecule has 0 amide bonds. The normalized spacial score (nSPS) is 10.6. The number of methoxy groups -OCH3 is 1. The van der Waals surface area contributed by atoms with Crippen molar-refractivity contribution < 1.29 is 9.47 Å². The van der Waals surface area contributed by atoms with E-state index >= 15 is 0 Å². The van der Waals surface area contributed by atoms with Crippen molar-refractivity contribution in [3.8, 4) is 11.5 Å². The molecule has 0 spiro atoms. The van der Waals surface area contributed by atoms with Crippen LogP contribution in [0.25, 0.3) is 0 Å². The Morgan fingerprint density at radius 3 is 2.33 bits per heavy atom. The lowest BCUT2D eigenvalue weighted by atomic mass is 10.2. The molecule has 2 aromatic carbocycles. The van der Waals surface area contributed by atoms with Crippen molar-refractivity contribution in [1.82, 2.24) is 5.32 Å². The Kier molecular flexibility index (Phi) is 9.77. The predicted molar refractivity (Wildman–Crippen MR) is 124 cm³/mol. The highest BCUT2D eigenvalue weighted by molar-refractivity contribution is 14.0. The van der Waals surface area contributed by atoms with E-state index in [9.17, 15) is 0 Å². The zero-order valence-corrected chi connectivity index (χ0v) is 18.9. The highest BCUT2D eigenvalue weighted by atomic mass is 127. The number of hydrogen-bond donors (Lipinski definition) is 2. The van der Waals surface area contributed by atoms with E-state index in [0.29, 0.717) is 30.6 Å². The SMILES string of the molecule is CCOc1cc(NC(=NC)NCc2ccc(N(C)C)cc2)ccc1OC.I. The monoisotopic (exact) mass is 484 g/mol. The van der Waals surface area contributed by atoms with Crippen LogP contribution in [0.3, 0.4) is 0 Å². The summed E-state index contributed by atoms with van der Waals surface area (Å²) >= 11 is 0. The highest BCUT2D eigenvalue weighted by Gasteiger charge is 2.07. The number of rotatable bonds is 7. The number of anilines is 2. The summed E-state index contributed by atoms with van der Waals surface area (Å²) in [7, 11) is 7.44. The first kappa shape index (κ1) is 22.9. The molecule has 148 valence electrons. The van der Waals surface area contributed by atoms with Crippen molar-refractivity contribution in [3.63, 3.8) is 0 Å². The minimum absolute atomic E-state index is 0. The number of nitrogens with one attached hydrogen (secondary N) is 2. The number of guanidine groups is 1. The summed E-state index contributed by atoms with van der Waals surface area (Å²) < 4.78 is 10.9. The fourth-order valence-corrected chi connectivity index (χ4v) is 2.44. The summed E-state index contributed by atoms with van der Waals surface area (Å²) in [6, 6.07) is 14.1. The van der Waals surface area contributed by atoms with Crippen LogP contribution in [-0.2, 0) is 6.54 Å². The van der Waals surface area contributed by atoms with Gasteiger partial charge in [0.2, 0.25) is 0 Å². The van der Waals surface area contributed by atoms with E-state index in [1.807, 2.05) is 39.2 Å². The van der Waals surface area contributed by atoms with Gasteiger partial charge in [0.25, 0.3) is 0 Å². The van der Waals surface area contributed by atoms with Gasteiger partial charge in [-0.1, -0.05) is 12.1 Å². The third kappa shape index (κ3) is 6.82. The Labute approximate surface area is 179 Å². The van der Waals surface area contributed by atoms with Gasteiger partial charge in [0.1, 0.15) is 0 Å². The quantitative estimate of drug-likeness (QED) is 0.354. The molecule has 0 bridgehead atoms. The van der Waals surface area contributed by atoms with Crippen molar-refractivity contribution >= 4 is 41.3 Å². The Morgan fingerprint density at radius 2 is 1.78 bits per heavy atom. The molecule has 0 aromatic heterocycles. The van der Waals surface area contributed by atoms with Gasteiger partial charge in [0, 0.05) is 45.1 Å².